The number of nitrogens with one attached hydrogen (secondary N) is 2. The maximum absolute atomic E-state index is 13.6. The third-order valence-electron chi connectivity index (χ3n) is 5.65. The average molecular weight is 436 g/mol. The van der Waals surface area contributed by atoms with Crippen molar-refractivity contribution in [3.63, 3.8) is 0 Å². The summed E-state index contributed by atoms with van der Waals surface area (Å²) in [5.74, 6) is -0.380. The van der Waals surface area contributed by atoms with Crippen LogP contribution in [0.25, 0.3) is 0 Å². The quantitative estimate of drug-likeness (QED) is 0.529. The van der Waals surface area contributed by atoms with Gasteiger partial charge in [-0.05, 0) is 54.2 Å². The van der Waals surface area contributed by atoms with Gasteiger partial charge >= 0.3 is 0 Å². The summed E-state index contributed by atoms with van der Waals surface area (Å²) >= 11 is 0. The van der Waals surface area contributed by atoms with Gasteiger partial charge in [-0.15, -0.1) is 0 Å². The summed E-state index contributed by atoms with van der Waals surface area (Å²) < 4.78 is 15.1. The van der Waals surface area contributed by atoms with Crippen molar-refractivity contribution in [1.29, 1.82) is 0 Å². The van der Waals surface area contributed by atoms with Crippen LogP contribution in [0.1, 0.15) is 40.4 Å². The predicted molar refractivity (Wildman–Crippen MR) is 120 cm³/mol. The standard InChI is InChI=1S/C24H26FN5O2/c1-15-8-18(10-19(25)9-15)13-27-22-24(32)30-20(14-28-22)6-7-21(30)23(31)29-12-17-4-2-16(11-26)3-5-17/h2-5,8-10,14,21H,6-7,11-13,26H2,1H3,(H,27,28)(H,29,31). The number of hydrogen-bond acceptors (Lipinski definition) is 5. The number of hydrogen-bond donors (Lipinski definition) is 3. The molecule has 0 fully saturated rings. The van der Waals surface area contributed by atoms with Gasteiger partial charge < -0.3 is 16.4 Å². The molecule has 0 radical (unpaired) electrons. The van der Waals surface area contributed by atoms with Crippen LogP contribution >= 0.6 is 0 Å². The molecule has 1 aliphatic rings. The molecule has 1 aromatic heterocycles. The van der Waals surface area contributed by atoms with Crippen LogP contribution in [0.5, 0.6) is 0 Å². The third-order valence-corrected chi connectivity index (χ3v) is 5.65. The maximum Gasteiger partial charge on any atom is 0.294 e. The fourth-order valence-electron chi connectivity index (χ4n) is 4.01. The molecule has 8 heteroatoms. The molecule has 0 bridgehead atoms. The average Bonchev–Trinajstić information content (AvgIpc) is 3.22. The van der Waals surface area contributed by atoms with Crippen molar-refractivity contribution in [1.82, 2.24) is 14.9 Å². The molecule has 4 rings (SSSR count). The molecule has 1 unspecified atom stereocenters. The molecule has 1 amide bonds. The Bertz CT molecular complexity index is 1170. The van der Waals surface area contributed by atoms with Gasteiger partial charge in [-0.25, -0.2) is 9.37 Å². The van der Waals surface area contributed by atoms with Gasteiger partial charge in [0.15, 0.2) is 5.82 Å². The summed E-state index contributed by atoms with van der Waals surface area (Å²) in [4.78, 5) is 30.1. The number of rotatable bonds is 7. The fourth-order valence-corrected chi connectivity index (χ4v) is 4.01. The van der Waals surface area contributed by atoms with E-state index in [1.807, 2.05) is 37.3 Å². The zero-order valence-corrected chi connectivity index (χ0v) is 17.9. The molecule has 0 spiro atoms. The van der Waals surface area contributed by atoms with Crippen LogP contribution in [0.4, 0.5) is 10.2 Å². The Hall–Kier alpha value is -3.52. The lowest BCUT2D eigenvalue weighted by Gasteiger charge is -2.16. The molecule has 0 saturated heterocycles. The highest BCUT2D eigenvalue weighted by atomic mass is 19.1. The van der Waals surface area contributed by atoms with Crippen molar-refractivity contribution in [3.8, 4) is 0 Å². The highest BCUT2D eigenvalue weighted by Crippen LogP contribution is 2.24. The van der Waals surface area contributed by atoms with Gasteiger partial charge in [0, 0.05) is 31.5 Å². The minimum atomic E-state index is -0.583. The lowest BCUT2D eigenvalue weighted by atomic mass is 10.1. The van der Waals surface area contributed by atoms with E-state index in [9.17, 15) is 14.0 Å². The van der Waals surface area contributed by atoms with Crippen molar-refractivity contribution < 1.29 is 9.18 Å². The number of nitrogens with zero attached hydrogens (tertiary/aromatic N) is 2. The SMILES string of the molecule is Cc1cc(F)cc(CNc2ncc3n(c2=O)C(C(=O)NCc2ccc(CN)cc2)CC3)c1. The molecular formula is C24H26FN5O2. The van der Waals surface area contributed by atoms with Crippen LogP contribution in [0.15, 0.2) is 53.5 Å². The van der Waals surface area contributed by atoms with Crippen LogP contribution < -0.4 is 21.9 Å². The highest BCUT2D eigenvalue weighted by Gasteiger charge is 2.30. The molecule has 0 saturated carbocycles. The first-order chi connectivity index (χ1) is 15.4. The summed E-state index contributed by atoms with van der Waals surface area (Å²) in [5, 5.41) is 5.91. The van der Waals surface area contributed by atoms with E-state index in [1.54, 1.807) is 6.20 Å². The van der Waals surface area contributed by atoms with E-state index in [2.05, 4.69) is 15.6 Å². The summed E-state index contributed by atoms with van der Waals surface area (Å²) in [6.45, 7) is 2.91. The van der Waals surface area contributed by atoms with Crippen molar-refractivity contribution in [2.75, 3.05) is 5.32 Å². The van der Waals surface area contributed by atoms with E-state index in [0.717, 1.165) is 22.4 Å². The van der Waals surface area contributed by atoms with Crippen LogP contribution in [0.3, 0.4) is 0 Å². The zero-order valence-electron chi connectivity index (χ0n) is 17.9. The molecule has 166 valence electrons. The molecule has 2 aromatic carbocycles. The van der Waals surface area contributed by atoms with Crippen molar-refractivity contribution in [3.05, 3.63) is 92.8 Å². The second-order valence-corrected chi connectivity index (χ2v) is 8.06. The highest BCUT2D eigenvalue weighted by molar-refractivity contribution is 5.81. The van der Waals surface area contributed by atoms with Gasteiger partial charge in [0.05, 0.1) is 0 Å². The van der Waals surface area contributed by atoms with Crippen molar-refractivity contribution in [2.24, 2.45) is 5.73 Å². The first-order valence-electron chi connectivity index (χ1n) is 10.6. The maximum atomic E-state index is 13.6. The largest absolute Gasteiger partial charge is 0.361 e. The normalized spacial score (nSPS) is 14.8. The molecule has 7 nitrogen and oxygen atoms in total. The number of carbonyl (C=O) groups excluding carboxylic acids is 1. The molecule has 1 atom stereocenters. The number of aryl methyl sites for hydroxylation is 2. The fraction of sp³-hybridized carbons (Fsp3) is 0.292. The number of halogens is 1. The smallest absolute Gasteiger partial charge is 0.294 e. The van der Waals surface area contributed by atoms with Gasteiger partial charge in [-0.1, -0.05) is 30.3 Å². The summed E-state index contributed by atoms with van der Waals surface area (Å²) in [6.07, 6.45) is 2.77. The molecule has 0 aliphatic carbocycles. The predicted octanol–water partition coefficient (Wildman–Crippen LogP) is 2.57. The number of anilines is 1. The van der Waals surface area contributed by atoms with Crippen molar-refractivity contribution in [2.45, 2.75) is 45.4 Å². The van der Waals surface area contributed by atoms with Gasteiger partial charge in [-0.3, -0.25) is 14.2 Å². The summed E-state index contributed by atoms with van der Waals surface area (Å²) in [7, 11) is 0. The van der Waals surface area contributed by atoms with Crippen LogP contribution in [0.2, 0.25) is 0 Å². The van der Waals surface area contributed by atoms with Gasteiger partial charge in [-0.2, -0.15) is 0 Å². The monoisotopic (exact) mass is 435 g/mol. The Labute approximate surface area is 185 Å². The minimum Gasteiger partial charge on any atom is -0.361 e. The van der Waals surface area contributed by atoms with E-state index < -0.39 is 6.04 Å². The number of carbonyl (C=O) groups is 1. The Balaban J connectivity index is 1.46. The van der Waals surface area contributed by atoms with Crippen LogP contribution in [0, 0.1) is 12.7 Å². The number of nitrogens with two attached hydrogens (primary N) is 1. The first-order valence-corrected chi connectivity index (χ1v) is 10.6. The Kier molecular flexibility index (Phi) is 6.32. The summed E-state index contributed by atoms with van der Waals surface area (Å²) in [6, 6.07) is 11.8. The first kappa shape index (κ1) is 21.7. The van der Waals surface area contributed by atoms with E-state index in [0.29, 0.717) is 31.5 Å². The van der Waals surface area contributed by atoms with Gasteiger partial charge in [0.2, 0.25) is 5.91 Å². The number of amides is 1. The molecule has 4 N–H and O–H groups in total. The molecule has 1 aliphatic heterocycles. The third kappa shape index (κ3) is 4.70. The second kappa shape index (κ2) is 9.32. The van der Waals surface area contributed by atoms with Gasteiger partial charge in [0.1, 0.15) is 11.9 Å². The number of aromatic nitrogens is 2. The minimum absolute atomic E-state index is 0.146. The lowest BCUT2D eigenvalue weighted by Crippen LogP contribution is -2.36. The van der Waals surface area contributed by atoms with Crippen LogP contribution in [-0.2, 0) is 30.8 Å². The Morgan fingerprint density at radius 3 is 2.62 bits per heavy atom. The lowest BCUT2D eigenvalue weighted by molar-refractivity contribution is -0.124. The zero-order chi connectivity index (χ0) is 22.7. The van der Waals surface area contributed by atoms with Crippen molar-refractivity contribution >= 4 is 11.7 Å². The van der Waals surface area contributed by atoms with E-state index in [-0.39, 0.29) is 29.6 Å². The number of benzene rings is 2. The molecular weight excluding hydrogens is 409 g/mol. The Morgan fingerprint density at radius 1 is 1.16 bits per heavy atom. The van der Waals surface area contributed by atoms with E-state index in [1.165, 1.54) is 16.7 Å². The second-order valence-electron chi connectivity index (χ2n) is 8.06. The topological polar surface area (TPSA) is 102 Å². The Morgan fingerprint density at radius 2 is 1.91 bits per heavy atom. The summed E-state index contributed by atoms with van der Waals surface area (Å²) in [5.41, 5.74) is 9.50. The molecule has 3 aromatic rings. The van der Waals surface area contributed by atoms with Gasteiger partial charge in [0.25, 0.3) is 5.56 Å². The van der Waals surface area contributed by atoms with E-state index >= 15 is 0 Å². The van der Waals surface area contributed by atoms with Crippen LogP contribution in [-0.4, -0.2) is 15.5 Å². The van der Waals surface area contributed by atoms with E-state index in [4.69, 9.17) is 5.73 Å². The molecule has 32 heavy (non-hydrogen) atoms. The molecule has 2 heterocycles. The number of fused-ring (bicyclic) bond motifs is 1.